The average molecular weight is 317 g/mol. The number of halogens is 1. The Labute approximate surface area is 139 Å². The molecule has 1 heterocycles. The molecule has 0 saturated carbocycles. The minimum Gasteiger partial charge on any atom is -0.148 e. The molecule has 0 atom stereocenters. The van der Waals surface area contributed by atoms with Crippen molar-refractivity contribution in [3.05, 3.63) is 66.0 Å². The molecule has 0 radical (unpaired) electrons. The summed E-state index contributed by atoms with van der Waals surface area (Å²) in [4.78, 5) is 0. The minimum atomic E-state index is 0.420. The molecule has 1 aromatic heterocycles. The summed E-state index contributed by atoms with van der Waals surface area (Å²) >= 11 is 6.05. The van der Waals surface area contributed by atoms with E-state index in [-0.39, 0.29) is 0 Å². The zero-order chi connectivity index (χ0) is 17.0. The van der Waals surface area contributed by atoms with Crippen molar-refractivity contribution in [1.29, 1.82) is 0 Å². The Bertz CT molecular complexity index is 643. The van der Waals surface area contributed by atoms with E-state index in [0.717, 1.165) is 22.0 Å². The standard InChI is InChI=1S/C15H13ClN2.2C2H6/c1-3-5-8-11(4-2)14-12-9-6-7-10-13(12)15(16)18-17-14;2*1-2/h3-10H,2H2,1H3;2*1-2H3/b5-3-,11-8+;;. The molecule has 118 valence electrons. The fourth-order valence-corrected chi connectivity index (χ4v) is 1.93. The smallest absolute Gasteiger partial charge is 0.148 e. The highest BCUT2D eigenvalue weighted by Crippen LogP contribution is 2.27. The highest BCUT2D eigenvalue weighted by molar-refractivity contribution is 6.34. The van der Waals surface area contributed by atoms with Crippen LogP contribution in [-0.2, 0) is 0 Å². The minimum absolute atomic E-state index is 0.420. The Morgan fingerprint density at radius 1 is 1.05 bits per heavy atom. The van der Waals surface area contributed by atoms with Gasteiger partial charge in [0, 0.05) is 16.3 Å². The zero-order valence-corrected chi connectivity index (χ0v) is 14.9. The van der Waals surface area contributed by atoms with Crippen LogP contribution in [0.15, 0.2) is 55.1 Å². The summed E-state index contributed by atoms with van der Waals surface area (Å²) in [7, 11) is 0. The van der Waals surface area contributed by atoms with Gasteiger partial charge in [-0.05, 0) is 6.92 Å². The Morgan fingerprint density at radius 3 is 2.18 bits per heavy atom. The average Bonchev–Trinajstić information content (AvgIpc) is 2.61. The Balaban J connectivity index is 0.00000102. The van der Waals surface area contributed by atoms with Crippen LogP contribution in [0.5, 0.6) is 0 Å². The molecular formula is C19H25ClN2. The van der Waals surface area contributed by atoms with Crippen LogP contribution in [0.1, 0.15) is 40.3 Å². The van der Waals surface area contributed by atoms with E-state index in [0.29, 0.717) is 5.15 Å². The number of rotatable bonds is 3. The van der Waals surface area contributed by atoms with Crippen molar-refractivity contribution in [2.75, 3.05) is 0 Å². The molecule has 0 aliphatic rings. The molecule has 2 nitrogen and oxygen atoms in total. The van der Waals surface area contributed by atoms with Crippen LogP contribution in [0.4, 0.5) is 0 Å². The number of nitrogens with zero attached hydrogens (tertiary/aromatic N) is 2. The van der Waals surface area contributed by atoms with Gasteiger partial charge in [-0.1, -0.05) is 94.4 Å². The maximum absolute atomic E-state index is 6.05. The number of benzene rings is 1. The quantitative estimate of drug-likeness (QED) is 0.605. The molecule has 0 bridgehead atoms. The summed E-state index contributed by atoms with van der Waals surface area (Å²) < 4.78 is 0. The van der Waals surface area contributed by atoms with E-state index in [9.17, 15) is 0 Å². The molecule has 2 rings (SSSR count). The van der Waals surface area contributed by atoms with Crippen molar-refractivity contribution < 1.29 is 0 Å². The van der Waals surface area contributed by atoms with Crippen LogP contribution in [0.25, 0.3) is 16.3 Å². The number of allylic oxidation sites excluding steroid dienone is 5. The molecule has 0 aliphatic carbocycles. The molecule has 3 heteroatoms. The highest BCUT2D eigenvalue weighted by Gasteiger charge is 2.08. The van der Waals surface area contributed by atoms with Crippen LogP contribution in [0, 0.1) is 0 Å². The predicted molar refractivity (Wildman–Crippen MR) is 100 cm³/mol. The van der Waals surface area contributed by atoms with Gasteiger partial charge in [0.1, 0.15) is 5.69 Å². The molecular weight excluding hydrogens is 292 g/mol. The van der Waals surface area contributed by atoms with E-state index in [4.69, 9.17) is 11.6 Å². The first-order chi connectivity index (χ1) is 10.8. The van der Waals surface area contributed by atoms with Gasteiger partial charge in [0.05, 0.1) is 0 Å². The summed E-state index contributed by atoms with van der Waals surface area (Å²) in [5, 5.41) is 10.5. The predicted octanol–water partition coefficient (Wildman–Crippen LogP) is 6.48. The molecule has 22 heavy (non-hydrogen) atoms. The zero-order valence-electron chi connectivity index (χ0n) is 14.1. The van der Waals surface area contributed by atoms with Gasteiger partial charge in [0.2, 0.25) is 0 Å². The van der Waals surface area contributed by atoms with Crippen LogP contribution >= 0.6 is 11.6 Å². The maximum Gasteiger partial charge on any atom is 0.159 e. The van der Waals surface area contributed by atoms with Gasteiger partial charge in [-0.2, -0.15) is 0 Å². The Kier molecular flexibility index (Phi) is 10.7. The van der Waals surface area contributed by atoms with Crippen molar-refractivity contribution in [1.82, 2.24) is 10.2 Å². The van der Waals surface area contributed by atoms with Crippen LogP contribution < -0.4 is 0 Å². The highest BCUT2D eigenvalue weighted by atomic mass is 35.5. The van der Waals surface area contributed by atoms with Gasteiger partial charge in [-0.25, -0.2) is 0 Å². The summed E-state index contributed by atoms with van der Waals surface area (Å²) in [5.74, 6) is 0. The van der Waals surface area contributed by atoms with Crippen LogP contribution in [-0.4, -0.2) is 10.2 Å². The normalized spacial score (nSPS) is 10.5. The number of hydrogen-bond donors (Lipinski definition) is 0. The third kappa shape index (κ3) is 5.12. The second kappa shape index (κ2) is 11.7. The summed E-state index contributed by atoms with van der Waals surface area (Å²) in [6.45, 7) is 13.8. The molecule has 0 N–H and O–H groups in total. The lowest BCUT2D eigenvalue weighted by Crippen LogP contribution is -1.94. The van der Waals surface area contributed by atoms with E-state index in [1.807, 2.05) is 77.1 Å². The molecule has 0 fully saturated rings. The molecule has 0 aliphatic heterocycles. The van der Waals surface area contributed by atoms with E-state index in [2.05, 4.69) is 16.8 Å². The SMILES string of the molecule is C=C/C(=C\C=C/C)c1nnc(Cl)c2ccccc12.CC.CC. The fraction of sp³-hybridized carbons (Fsp3) is 0.263. The number of hydrogen-bond acceptors (Lipinski definition) is 2. The van der Waals surface area contributed by atoms with Gasteiger partial charge in [-0.3, -0.25) is 0 Å². The lowest BCUT2D eigenvalue weighted by molar-refractivity contribution is 1.03. The molecule has 2 aromatic rings. The molecule has 0 amide bonds. The van der Waals surface area contributed by atoms with Crippen molar-refractivity contribution in [2.45, 2.75) is 34.6 Å². The Hall–Kier alpha value is -1.93. The van der Waals surface area contributed by atoms with Gasteiger partial charge in [0.25, 0.3) is 0 Å². The van der Waals surface area contributed by atoms with Gasteiger partial charge in [-0.15, -0.1) is 10.2 Å². The maximum atomic E-state index is 6.05. The first-order valence-electron chi connectivity index (χ1n) is 7.64. The first-order valence-corrected chi connectivity index (χ1v) is 8.02. The fourth-order valence-electron chi connectivity index (χ4n) is 1.73. The third-order valence-electron chi connectivity index (χ3n) is 2.60. The van der Waals surface area contributed by atoms with Gasteiger partial charge < -0.3 is 0 Å². The lowest BCUT2D eigenvalue weighted by Gasteiger charge is -2.06. The second-order valence-electron chi connectivity index (χ2n) is 3.74. The van der Waals surface area contributed by atoms with Crippen molar-refractivity contribution >= 4 is 27.9 Å². The van der Waals surface area contributed by atoms with Crippen molar-refractivity contribution in [2.24, 2.45) is 0 Å². The van der Waals surface area contributed by atoms with Gasteiger partial charge in [0.15, 0.2) is 5.15 Å². The first kappa shape index (κ1) is 20.1. The number of fused-ring (bicyclic) bond motifs is 1. The topological polar surface area (TPSA) is 25.8 Å². The summed E-state index contributed by atoms with van der Waals surface area (Å²) in [6.07, 6.45) is 7.62. The van der Waals surface area contributed by atoms with E-state index < -0.39 is 0 Å². The van der Waals surface area contributed by atoms with Crippen LogP contribution in [0.2, 0.25) is 5.15 Å². The number of aromatic nitrogens is 2. The van der Waals surface area contributed by atoms with Crippen molar-refractivity contribution in [3.63, 3.8) is 0 Å². The van der Waals surface area contributed by atoms with E-state index in [1.165, 1.54) is 0 Å². The van der Waals surface area contributed by atoms with E-state index >= 15 is 0 Å². The molecule has 0 spiro atoms. The van der Waals surface area contributed by atoms with Gasteiger partial charge >= 0.3 is 0 Å². The second-order valence-corrected chi connectivity index (χ2v) is 4.09. The van der Waals surface area contributed by atoms with Crippen LogP contribution in [0.3, 0.4) is 0 Å². The van der Waals surface area contributed by atoms with Crippen molar-refractivity contribution in [3.8, 4) is 0 Å². The monoisotopic (exact) mass is 316 g/mol. The Morgan fingerprint density at radius 2 is 1.64 bits per heavy atom. The molecule has 0 saturated heterocycles. The summed E-state index contributed by atoms with van der Waals surface area (Å²) in [6, 6.07) is 7.81. The third-order valence-corrected chi connectivity index (χ3v) is 2.88. The lowest BCUT2D eigenvalue weighted by atomic mass is 10.1. The molecule has 1 aromatic carbocycles. The summed E-state index contributed by atoms with van der Waals surface area (Å²) in [5.41, 5.74) is 1.72. The largest absolute Gasteiger partial charge is 0.159 e. The molecule has 0 unspecified atom stereocenters. The van der Waals surface area contributed by atoms with E-state index in [1.54, 1.807) is 6.08 Å².